The van der Waals surface area contributed by atoms with Gasteiger partial charge in [-0.3, -0.25) is 0 Å². The van der Waals surface area contributed by atoms with Gasteiger partial charge in [-0.1, -0.05) is 51.3 Å². The van der Waals surface area contributed by atoms with Crippen molar-refractivity contribution in [2.45, 2.75) is 52.5 Å². The Kier molecular flexibility index (Phi) is 7.91. The maximum absolute atomic E-state index is 5.88. The third kappa shape index (κ3) is 5.27. The molecule has 4 rings (SSSR count). The monoisotopic (exact) mass is 460 g/mol. The number of para-hydroxylation sites is 1. The number of ether oxygens (including phenoxy) is 2. The molecule has 0 spiro atoms. The molecule has 4 aromatic rings. The number of unbranched alkanes of at least 4 members (excludes halogenated alkanes) is 3. The molecule has 178 valence electrons. The second kappa shape index (κ2) is 11.4. The molecule has 8 nitrogen and oxygen atoms in total. The van der Waals surface area contributed by atoms with Gasteiger partial charge in [0, 0.05) is 11.9 Å². The van der Waals surface area contributed by atoms with E-state index in [4.69, 9.17) is 9.47 Å². The highest BCUT2D eigenvalue weighted by Crippen LogP contribution is 2.28. The number of hydrazone groups is 1. The molecule has 0 aliphatic rings. The van der Waals surface area contributed by atoms with Crippen molar-refractivity contribution in [3.63, 3.8) is 0 Å². The summed E-state index contributed by atoms with van der Waals surface area (Å²) in [6, 6.07) is 13.9. The Morgan fingerprint density at radius 3 is 2.71 bits per heavy atom. The van der Waals surface area contributed by atoms with Gasteiger partial charge >= 0.3 is 0 Å². The fraction of sp³-hybridized carbons (Fsp3) is 0.385. The number of anilines is 1. The van der Waals surface area contributed by atoms with Gasteiger partial charge in [-0.2, -0.15) is 10.1 Å². The lowest BCUT2D eigenvalue weighted by Gasteiger charge is -2.11. The second-order valence-corrected chi connectivity index (χ2v) is 8.17. The number of fused-ring (bicyclic) bond motifs is 3. The molecule has 2 aromatic carbocycles. The summed E-state index contributed by atoms with van der Waals surface area (Å²) in [6.45, 7) is 5.90. The summed E-state index contributed by atoms with van der Waals surface area (Å²) in [5, 5.41) is 14.0. The first-order valence-electron chi connectivity index (χ1n) is 12.0. The van der Waals surface area contributed by atoms with Crippen LogP contribution in [-0.2, 0) is 6.54 Å². The van der Waals surface area contributed by atoms with Crippen molar-refractivity contribution in [2.24, 2.45) is 5.10 Å². The summed E-state index contributed by atoms with van der Waals surface area (Å²) in [5.41, 5.74) is 6.49. The number of nitrogens with zero attached hydrogens (tertiary/aromatic N) is 5. The molecular weight excluding hydrogens is 428 g/mol. The normalized spacial score (nSPS) is 11.5. The molecule has 2 aromatic heterocycles. The van der Waals surface area contributed by atoms with Crippen LogP contribution in [0.4, 0.5) is 5.95 Å². The molecule has 0 radical (unpaired) electrons. The van der Waals surface area contributed by atoms with Crippen LogP contribution in [0, 0.1) is 0 Å². The third-order valence-electron chi connectivity index (χ3n) is 5.64. The van der Waals surface area contributed by atoms with Gasteiger partial charge < -0.3 is 14.0 Å². The van der Waals surface area contributed by atoms with Gasteiger partial charge in [0.05, 0.1) is 25.4 Å². The smallest absolute Gasteiger partial charge is 0.265 e. The molecule has 0 saturated carbocycles. The van der Waals surface area contributed by atoms with E-state index < -0.39 is 0 Å². The van der Waals surface area contributed by atoms with E-state index in [2.05, 4.69) is 56.3 Å². The Morgan fingerprint density at radius 1 is 1.00 bits per heavy atom. The van der Waals surface area contributed by atoms with Crippen LogP contribution in [0.2, 0.25) is 0 Å². The zero-order valence-electron chi connectivity index (χ0n) is 20.1. The summed E-state index contributed by atoms with van der Waals surface area (Å²) in [5.74, 6) is 1.77. The average molecular weight is 461 g/mol. The van der Waals surface area contributed by atoms with E-state index in [9.17, 15) is 0 Å². The Balaban J connectivity index is 1.47. The Labute approximate surface area is 200 Å². The van der Waals surface area contributed by atoms with Crippen molar-refractivity contribution in [3.05, 3.63) is 48.0 Å². The minimum Gasteiger partial charge on any atom is -0.493 e. The lowest BCUT2D eigenvalue weighted by molar-refractivity contribution is 0.285. The summed E-state index contributed by atoms with van der Waals surface area (Å²) >= 11 is 0. The van der Waals surface area contributed by atoms with Crippen molar-refractivity contribution in [1.29, 1.82) is 0 Å². The fourth-order valence-electron chi connectivity index (χ4n) is 3.96. The number of hydrogen-bond donors (Lipinski definition) is 1. The van der Waals surface area contributed by atoms with Crippen LogP contribution in [0.15, 0.2) is 47.6 Å². The SMILES string of the molecule is CCCCCCOc1ccc(/C=N/Nc2nnc3c4ccccc4n(CCC)c3n2)cc1OC. The van der Waals surface area contributed by atoms with Crippen LogP contribution in [0.5, 0.6) is 11.5 Å². The minimum absolute atomic E-state index is 0.350. The van der Waals surface area contributed by atoms with Gasteiger partial charge in [0.25, 0.3) is 5.95 Å². The molecule has 0 amide bonds. The van der Waals surface area contributed by atoms with E-state index in [1.54, 1.807) is 13.3 Å². The van der Waals surface area contributed by atoms with E-state index in [0.717, 1.165) is 52.8 Å². The standard InChI is InChI=1S/C26H32N6O2/c1-4-6-7-10-16-34-22-14-13-19(17-23(22)33-3)18-27-30-26-28-25-24(29-31-26)20-11-8-9-12-21(20)32(25)15-5-2/h8-9,11-14,17-18H,4-7,10,15-16H2,1-3H3,(H,28,30,31)/b27-18+. The van der Waals surface area contributed by atoms with Crippen LogP contribution in [0.3, 0.4) is 0 Å². The van der Waals surface area contributed by atoms with Crippen molar-refractivity contribution in [1.82, 2.24) is 19.7 Å². The summed E-state index contributed by atoms with van der Waals surface area (Å²) < 4.78 is 13.6. The lowest BCUT2D eigenvalue weighted by Crippen LogP contribution is -2.03. The number of nitrogens with one attached hydrogen (secondary N) is 1. The van der Waals surface area contributed by atoms with Gasteiger partial charge in [-0.15, -0.1) is 10.2 Å². The van der Waals surface area contributed by atoms with Gasteiger partial charge in [-0.05, 0) is 42.7 Å². The topological polar surface area (TPSA) is 86.5 Å². The zero-order valence-corrected chi connectivity index (χ0v) is 20.1. The maximum Gasteiger partial charge on any atom is 0.265 e. The van der Waals surface area contributed by atoms with Crippen molar-refractivity contribution >= 4 is 34.2 Å². The van der Waals surface area contributed by atoms with Gasteiger partial charge in [-0.25, -0.2) is 5.43 Å². The summed E-state index contributed by atoms with van der Waals surface area (Å²) in [6.07, 6.45) is 7.36. The van der Waals surface area contributed by atoms with Crippen LogP contribution in [0.25, 0.3) is 22.1 Å². The first-order chi connectivity index (χ1) is 16.7. The van der Waals surface area contributed by atoms with Crippen molar-refractivity contribution < 1.29 is 9.47 Å². The predicted molar refractivity (Wildman–Crippen MR) is 137 cm³/mol. The van der Waals surface area contributed by atoms with E-state index >= 15 is 0 Å². The first kappa shape index (κ1) is 23.5. The maximum atomic E-state index is 5.88. The van der Waals surface area contributed by atoms with Crippen molar-refractivity contribution in [2.75, 3.05) is 19.1 Å². The number of methoxy groups -OCH3 is 1. The fourth-order valence-corrected chi connectivity index (χ4v) is 3.96. The first-order valence-corrected chi connectivity index (χ1v) is 12.0. The molecule has 0 atom stereocenters. The highest BCUT2D eigenvalue weighted by molar-refractivity contribution is 6.04. The van der Waals surface area contributed by atoms with E-state index in [0.29, 0.717) is 18.3 Å². The molecule has 0 aliphatic carbocycles. The highest BCUT2D eigenvalue weighted by atomic mass is 16.5. The molecule has 2 heterocycles. The van der Waals surface area contributed by atoms with Crippen LogP contribution in [-0.4, -0.2) is 39.7 Å². The zero-order chi connectivity index (χ0) is 23.8. The number of aryl methyl sites for hydroxylation is 1. The third-order valence-corrected chi connectivity index (χ3v) is 5.64. The molecule has 0 aliphatic heterocycles. The summed E-state index contributed by atoms with van der Waals surface area (Å²) in [4.78, 5) is 4.68. The van der Waals surface area contributed by atoms with Crippen LogP contribution >= 0.6 is 0 Å². The summed E-state index contributed by atoms with van der Waals surface area (Å²) in [7, 11) is 1.64. The molecule has 0 saturated heterocycles. The number of hydrogen-bond acceptors (Lipinski definition) is 7. The van der Waals surface area contributed by atoms with E-state index in [1.807, 2.05) is 30.3 Å². The molecule has 8 heteroatoms. The van der Waals surface area contributed by atoms with Gasteiger partial charge in [0.1, 0.15) is 5.52 Å². The predicted octanol–water partition coefficient (Wildman–Crippen LogP) is 5.80. The van der Waals surface area contributed by atoms with Crippen LogP contribution < -0.4 is 14.9 Å². The molecule has 1 N–H and O–H groups in total. The van der Waals surface area contributed by atoms with Crippen molar-refractivity contribution in [3.8, 4) is 11.5 Å². The number of rotatable bonds is 12. The molecule has 0 fully saturated rings. The Hall–Kier alpha value is -3.68. The Morgan fingerprint density at radius 2 is 1.88 bits per heavy atom. The van der Waals surface area contributed by atoms with Gasteiger partial charge in [0.2, 0.25) is 0 Å². The van der Waals surface area contributed by atoms with Gasteiger partial charge in [0.15, 0.2) is 17.1 Å². The number of aromatic nitrogens is 4. The number of benzene rings is 2. The minimum atomic E-state index is 0.350. The van der Waals surface area contributed by atoms with Crippen LogP contribution in [0.1, 0.15) is 51.5 Å². The largest absolute Gasteiger partial charge is 0.493 e. The lowest BCUT2D eigenvalue weighted by atomic mass is 10.2. The molecular formula is C26H32N6O2. The molecule has 0 unspecified atom stereocenters. The highest BCUT2D eigenvalue weighted by Gasteiger charge is 2.13. The quantitative estimate of drug-likeness (QED) is 0.163. The average Bonchev–Trinajstić information content (AvgIpc) is 3.18. The van der Waals surface area contributed by atoms with E-state index in [-0.39, 0.29) is 0 Å². The molecule has 34 heavy (non-hydrogen) atoms. The molecule has 0 bridgehead atoms. The Bertz CT molecular complexity index is 1270. The van der Waals surface area contributed by atoms with E-state index in [1.165, 1.54) is 19.3 Å². The second-order valence-electron chi connectivity index (χ2n) is 8.17.